The molecule has 13 heavy (non-hydrogen) atoms. The Kier molecular flexibility index (Phi) is 4.00. The number of hydrogen-bond acceptors (Lipinski definition) is 2. The monoisotopic (exact) mass is 180 g/mol. The number of hydrogen-bond donors (Lipinski definition) is 0. The molecule has 1 unspecified atom stereocenters. The van der Waals surface area contributed by atoms with Crippen molar-refractivity contribution in [3.8, 4) is 0 Å². The third kappa shape index (κ3) is 2.87. The Labute approximate surface area is 81.3 Å². The summed E-state index contributed by atoms with van der Waals surface area (Å²) in [6, 6.07) is 0.664. The van der Waals surface area contributed by atoms with Gasteiger partial charge in [-0.15, -0.1) is 0 Å². The van der Waals surface area contributed by atoms with Crippen molar-refractivity contribution in [2.45, 2.75) is 46.1 Å². The molecule has 0 aliphatic carbocycles. The van der Waals surface area contributed by atoms with Gasteiger partial charge in [0.2, 0.25) is 0 Å². The van der Waals surface area contributed by atoms with Gasteiger partial charge in [0.15, 0.2) is 0 Å². The molecular weight excluding hydrogens is 160 g/mol. The minimum Gasteiger partial charge on any atom is -0.360 e. The topological polar surface area (TPSA) is 15.6 Å². The Morgan fingerprint density at radius 1 is 1.54 bits per heavy atom. The van der Waals surface area contributed by atoms with E-state index in [2.05, 4.69) is 30.7 Å². The van der Waals surface area contributed by atoms with Gasteiger partial charge in [0.1, 0.15) is 0 Å². The second-order valence-corrected chi connectivity index (χ2v) is 3.72. The van der Waals surface area contributed by atoms with E-state index in [9.17, 15) is 0 Å². The van der Waals surface area contributed by atoms with Gasteiger partial charge >= 0.3 is 0 Å². The Morgan fingerprint density at radius 2 is 2.31 bits per heavy atom. The highest BCUT2D eigenvalue weighted by molar-refractivity contribution is 5.57. The predicted molar refractivity (Wildman–Crippen MR) is 57.9 cm³/mol. The van der Waals surface area contributed by atoms with Gasteiger partial charge in [0.25, 0.3) is 0 Å². The zero-order chi connectivity index (χ0) is 9.68. The molecule has 0 N–H and O–H groups in total. The molecule has 0 aromatic carbocycles. The van der Waals surface area contributed by atoms with Crippen molar-refractivity contribution in [3.05, 3.63) is 11.8 Å². The fourth-order valence-corrected chi connectivity index (χ4v) is 1.82. The quantitative estimate of drug-likeness (QED) is 0.652. The summed E-state index contributed by atoms with van der Waals surface area (Å²) < 4.78 is 0. The minimum absolute atomic E-state index is 0.664. The highest BCUT2D eigenvalue weighted by Crippen LogP contribution is 2.17. The van der Waals surface area contributed by atoms with Crippen LogP contribution in [0, 0.1) is 0 Å². The summed E-state index contributed by atoms with van der Waals surface area (Å²) in [5.74, 6) is 0. The van der Waals surface area contributed by atoms with Crippen LogP contribution in [0.25, 0.3) is 0 Å². The standard InChI is InChI=1S/C11H20N2/c1-4-6-11-7-10(3)8-12-9-13(11)5-2/h8-9,11H,4-7H2,1-3H3. The highest BCUT2D eigenvalue weighted by Gasteiger charge is 2.15. The van der Waals surface area contributed by atoms with Crippen LogP contribution in [0.5, 0.6) is 0 Å². The molecule has 74 valence electrons. The summed E-state index contributed by atoms with van der Waals surface area (Å²) in [7, 11) is 0. The van der Waals surface area contributed by atoms with Crippen LogP contribution in [-0.2, 0) is 0 Å². The van der Waals surface area contributed by atoms with Gasteiger partial charge in [0, 0.05) is 18.8 Å². The molecular formula is C11H20N2. The Bertz CT molecular complexity index is 206. The van der Waals surface area contributed by atoms with Gasteiger partial charge in [-0.2, -0.15) is 0 Å². The van der Waals surface area contributed by atoms with E-state index in [1.54, 1.807) is 0 Å². The van der Waals surface area contributed by atoms with Crippen LogP contribution in [0.2, 0.25) is 0 Å². The van der Waals surface area contributed by atoms with Crippen molar-refractivity contribution in [1.29, 1.82) is 0 Å². The molecule has 2 nitrogen and oxygen atoms in total. The molecule has 0 bridgehead atoms. The molecule has 0 amide bonds. The smallest absolute Gasteiger partial charge is 0.0907 e. The lowest BCUT2D eigenvalue weighted by atomic mass is 10.0. The molecule has 0 spiro atoms. The van der Waals surface area contributed by atoms with Crippen molar-refractivity contribution >= 4 is 6.34 Å². The van der Waals surface area contributed by atoms with Crippen LogP contribution in [0.1, 0.15) is 40.0 Å². The third-order valence-corrected chi connectivity index (χ3v) is 2.52. The van der Waals surface area contributed by atoms with Gasteiger partial charge in [-0.3, -0.25) is 0 Å². The van der Waals surface area contributed by atoms with Crippen LogP contribution in [0.15, 0.2) is 16.8 Å². The average Bonchev–Trinajstić information content (AvgIpc) is 2.28. The highest BCUT2D eigenvalue weighted by atomic mass is 15.2. The molecule has 0 aromatic heterocycles. The summed E-state index contributed by atoms with van der Waals surface area (Å²) >= 11 is 0. The van der Waals surface area contributed by atoms with Crippen molar-refractivity contribution in [2.24, 2.45) is 4.99 Å². The Morgan fingerprint density at radius 3 is 2.92 bits per heavy atom. The fraction of sp³-hybridized carbons (Fsp3) is 0.727. The molecule has 0 fully saturated rings. The van der Waals surface area contributed by atoms with Gasteiger partial charge in [-0.25, -0.2) is 4.99 Å². The molecule has 1 aliphatic heterocycles. The van der Waals surface area contributed by atoms with E-state index in [-0.39, 0.29) is 0 Å². The molecule has 2 heteroatoms. The molecule has 1 rings (SSSR count). The van der Waals surface area contributed by atoms with Crippen molar-refractivity contribution in [2.75, 3.05) is 6.54 Å². The molecule has 0 saturated carbocycles. The van der Waals surface area contributed by atoms with E-state index >= 15 is 0 Å². The zero-order valence-electron chi connectivity index (χ0n) is 8.95. The number of rotatable bonds is 3. The Hall–Kier alpha value is -0.790. The lowest BCUT2D eigenvalue weighted by molar-refractivity contribution is 0.313. The maximum absolute atomic E-state index is 4.28. The zero-order valence-corrected chi connectivity index (χ0v) is 8.95. The first-order valence-electron chi connectivity index (χ1n) is 5.22. The SMILES string of the molecule is CCCC1CC(C)=CN=CN1CC. The van der Waals surface area contributed by atoms with Crippen LogP contribution in [-0.4, -0.2) is 23.8 Å². The second kappa shape index (κ2) is 5.05. The largest absolute Gasteiger partial charge is 0.360 e. The summed E-state index contributed by atoms with van der Waals surface area (Å²) in [5.41, 5.74) is 1.39. The average molecular weight is 180 g/mol. The van der Waals surface area contributed by atoms with E-state index in [0.29, 0.717) is 6.04 Å². The summed E-state index contributed by atoms with van der Waals surface area (Å²) in [6.07, 6.45) is 7.66. The normalized spacial score (nSPS) is 22.8. The van der Waals surface area contributed by atoms with Gasteiger partial charge in [-0.1, -0.05) is 18.9 Å². The molecule has 1 aliphatic rings. The second-order valence-electron chi connectivity index (χ2n) is 3.72. The van der Waals surface area contributed by atoms with Crippen molar-refractivity contribution in [1.82, 2.24) is 4.90 Å². The van der Waals surface area contributed by atoms with E-state index in [1.165, 1.54) is 24.8 Å². The van der Waals surface area contributed by atoms with Crippen molar-refractivity contribution in [3.63, 3.8) is 0 Å². The fourth-order valence-electron chi connectivity index (χ4n) is 1.82. The van der Waals surface area contributed by atoms with Gasteiger partial charge < -0.3 is 4.90 Å². The molecule has 0 radical (unpaired) electrons. The minimum atomic E-state index is 0.664. The number of nitrogens with zero attached hydrogens (tertiary/aromatic N) is 2. The molecule has 0 aromatic rings. The summed E-state index contributed by atoms with van der Waals surface area (Å²) in [6.45, 7) is 7.67. The molecule has 1 heterocycles. The maximum Gasteiger partial charge on any atom is 0.0907 e. The predicted octanol–water partition coefficient (Wildman–Crippen LogP) is 2.81. The van der Waals surface area contributed by atoms with Crippen LogP contribution >= 0.6 is 0 Å². The molecule has 0 saturated heterocycles. The number of aliphatic imine (C=N–C) groups is 1. The Balaban J connectivity index is 2.64. The first-order valence-corrected chi connectivity index (χ1v) is 5.22. The molecule has 1 atom stereocenters. The first kappa shape index (κ1) is 10.3. The van der Waals surface area contributed by atoms with E-state index in [1.807, 2.05) is 12.5 Å². The maximum atomic E-state index is 4.28. The first-order chi connectivity index (χ1) is 6.27. The summed E-state index contributed by atoms with van der Waals surface area (Å²) in [4.78, 5) is 6.62. The van der Waals surface area contributed by atoms with Gasteiger partial charge in [-0.05, 0) is 26.7 Å². The van der Waals surface area contributed by atoms with Crippen LogP contribution in [0.3, 0.4) is 0 Å². The van der Waals surface area contributed by atoms with Crippen LogP contribution in [0.4, 0.5) is 0 Å². The van der Waals surface area contributed by atoms with Crippen molar-refractivity contribution < 1.29 is 0 Å². The summed E-state index contributed by atoms with van der Waals surface area (Å²) in [5, 5.41) is 0. The van der Waals surface area contributed by atoms with E-state index < -0.39 is 0 Å². The van der Waals surface area contributed by atoms with Crippen LogP contribution < -0.4 is 0 Å². The lowest BCUT2D eigenvalue weighted by Crippen LogP contribution is -2.33. The van der Waals surface area contributed by atoms with Gasteiger partial charge in [0.05, 0.1) is 6.34 Å². The van der Waals surface area contributed by atoms with E-state index in [0.717, 1.165) is 6.54 Å². The lowest BCUT2D eigenvalue weighted by Gasteiger charge is -2.27. The third-order valence-electron chi connectivity index (χ3n) is 2.52. The van der Waals surface area contributed by atoms with E-state index in [4.69, 9.17) is 0 Å².